The van der Waals surface area contributed by atoms with Gasteiger partial charge in [0.2, 0.25) is 0 Å². The Hall–Kier alpha value is -0.820. The van der Waals surface area contributed by atoms with E-state index >= 15 is 0 Å². The fourth-order valence-corrected chi connectivity index (χ4v) is 4.19. The first-order valence-corrected chi connectivity index (χ1v) is 12.4. The van der Waals surface area contributed by atoms with Crippen molar-refractivity contribution in [2.24, 2.45) is 5.92 Å². The molecule has 0 N–H and O–H groups in total. The predicted molar refractivity (Wildman–Crippen MR) is 127 cm³/mol. The van der Waals surface area contributed by atoms with Crippen LogP contribution in [-0.4, -0.2) is 25.1 Å². The molecule has 0 spiro atoms. The zero-order valence-corrected chi connectivity index (χ0v) is 19.7. The van der Waals surface area contributed by atoms with Gasteiger partial charge in [-0.25, -0.2) is 0 Å². The lowest BCUT2D eigenvalue weighted by molar-refractivity contribution is -0.903. The molecule has 1 aromatic carbocycles. The molecule has 0 radical (unpaired) electrons. The Bertz CT molecular complexity index is 449. The van der Waals surface area contributed by atoms with E-state index in [2.05, 4.69) is 58.3 Å². The molecule has 162 valence electrons. The highest BCUT2D eigenvalue weighted by atomic mass is 15.3. The third-order valence-corrected chi connectivity index (χ3v) is 6.00. The predicted octanol–water partition coefficient (Wildman–Crippen LogP) is 8.38. The third-order valence-electron chi connectivity index (χ3n) is 6.00. The quantitative estimate of drug-likeness (QED) is 0.175. The van der Waals surface area contributed by atoms with E-state index in [0.29, 0.717) is 0 Å². The van der Waals surface area contributed by atoms with E-state index in [1.165, 1.54) is 102 Å². The largest absolute Gasteiger partial charge is 0.325 e. The number of quaternary nitrogens is 1. The molecule has 0 aromatic heterocycles. The molecule has 0 aliphatic rings. The lowest BCUT2D eigenvalue weighted by Gasteiger charge is -2.30. The van der Waals surface area contributed by atoms with Gasteiger partial charge in [0, 0.05) is 5.56 Å². The topological polar surface area (TPSA) is 0 Å². The van der Waals surface area contributed by atoms with Gasteiger partial charge in [-0.2, -0.15) is 0 Å². The highest BCUT2D eigenvalue weighted by Crippen LogP contribution is 2.15. The van der Waals surface area contributed by atoms with Crippen LogP contribution >= 0.6 is 0 Å². The van der Waals surface area contributed by atoms with Crippen molar-refractivity contribution < 1.29 is 4.48 Å². The fraction of sp³-hybridized carbons (Fsp3) is 0.778. The maximum atomic E-state index is 2.37. The first-order chi connectivity index (χ1) is 13.5. The molecule has 0 atom stereocenters. The Morgan fingerprint density at radius 2 is 1.04 bits per heavy atom. The Morgan fingerprint density at radius 3 is 1.50 bits per heavy atom. The molecule has 0 unspecified atom stereocenters. The Labute approximate surface area is 177 Å². The lowest BCUT2D eigenvalue weighted by Crippen LogP contribution is -2.39. The zero-order chi connectivity index (χ0) is 20.5. The van der Waals surface area contributed by atoms with Gasteiger partial charge >= 0.3 is 0 Å². The monoisotopic (exact) mass is 388 g/mol. The third kappa shape index (κ3) is 15.1. The van der Waals surface area contributed by atoms with Crippen molar-refractivity contribution in [2.45, 2.75) is 110 Å². The number of benzene rings is 1. The number of unbranched alkanes of at least 4 members (excludes halogenated alkanes) is 12. The van der Waals surface area contributed by atoms with Crippen LogP contribution in [0, 0.1) is 5.92 Å². The minimum atomic E-state index is 0.889. The van der Waals surface area contributed by atoms with E-state index < -0.39 is 0 Å². The van der Waals surface area contributed by atoms with E-state index in [4.69, 9.17) is 0 Å². The van der Waals surface area contributed by atoms with Crippen LogP contribution in [0.3, 0.4) is 0 Å². The van der Waals surface area contributed by atoms with Gasteiger partial charge in [0.1, 0.15) is 6.54 Å². The van der Waals surface area contributed by atoms with Gasteiger partial charge in [0.15, 0.2) is 0 Å². The number of rotatable bonds is 18. The molecule has 0 heterocycles. The molecule has 1 nitrogen and oxygen atoms in total. The second-order valence-corrected chi connectivity index (χ2v) is 10.1. The molecule has 0 bridgehead atoms. The average Bonchev–Trinajstić information content (AvgIpc) is 2.65. The second-order valence-electron chi connectivity index (χ2n) is 10.1. The van der Waals surface area contributed by atoms with Crippen LogP contribution in [0.15, 0.2) is 30.3 Å². The van der Waals surface area contributed by atoms with Gasteiger partial charge < -0.3 is 4.48 Å². The zero-order valence-electron chi connectivity index (χ0n) is 19.7. The first kappa shape index (κ1) is 25.2. The highest BCUT2D eigenvalue weighted by Gasteiger charge is 2.14. The molecule has 1 aromatic rings. The van der Waals surface area contributed by atoms with Crippen molar-refractivity contribution >= 4 is 0 Å². The summed E-state index contributed by atoms with van der Waals surface area (Å²) >= 11 is 0. The number of hydrogen-bond acceptors (Lipinski definition) is 0. The molecule has 0 fully saturated rings. The molecule has 0 saturated heterocycles. The maximum Gasteiger partial charge on any atom is 0.104 e. The molecular weight excluding hydrogens is 338 g/mol. The first-order valence-electron chi connectivity index (χ1n) is 12.4. The smallest absolute Gasteiger partial charge is 0.104 e. The van der Waals surface area contributed by atoms with Crippen molar-refractivity contribution in [2.75, 3.05) is 20.6 Å². The SMILES string of the molecule is CC(C)CCCCCCCCCCCCCCC[N+](C)(C)Cc1ccccc1. The summed E-state index contributed by atoms with van der Waals surface area (Å²) in [4.78, 5) is 0. The van der Waals surface area contributed by atoms with Gasteiger partial charge in [-0.1, -0.05) is 121 Å². The number of hydrogen-bond donors (Lipinski definition) is 0. The number of nitrogens with zero attached hydrogens (tertiary/aromatic N) is 1. The van der Waals surface area contributed by atoms with Crippen LogP contribution in [-0.2, 0) is 6.54 Å². The fourth-order valence-electron chi connectivity index (χ4n) is 4.19. The van der Waals surface area contributed by atoms with Crippen LogP contribution in [0.2, 0.25) is 0 Å². The minimum Gasteiger partial charge on any atom is -0.325 e. The molecule has 1 rings (SSSR count). The summed E-state index contributed by atoms with van der Waals surface area (Å²) < 4.78 is 1.11. The maximum absolute atomic E-state index is 2.37. The molecule has 1 heteroatoms. The lowest BCUT2D eigenvalue weighted by atomic mass is 10.0. The molecule has 0 aliphatic heterocycles. The summed E-state index contributed by atoms with van der Waals surface area (Å²) in [6.45, 7) is 7.13. The van der Waals surface area contributed by atoms with Gasteiger partial charge in [-0.3, -0.25) is 0 Å². The van der Waals surface area contributed by atoms with Crippen LogP contribution in [0.4, 0.5) is 0 Å². The Morgan fingerprint density at radius 1 is 0.607 bits per heavy atom. The normalized spacial score (nSPS) is 12.0. The Balaban J connectivity index is 1.84. The van der Waals surface area contributed by atoms with Gasteiger partial charge in [0.25, 0.3) is 0 Å². The molecule has 28 heavy (non-hydrogen) atoms. The minimum absolute atomic E-state index is 0.889. The van der Waals surface area contributed by atoms with Crippen molar-refractivity contribution in [1.82, 2.24) is 0 Å². The Kier molecular flexibility index (Phi) is 14.4. The van der Waals surface area contributed by atoms with Crippen molar-refractivity contribution in [3.63, 3.8) is 0 Å². The summed E-state index contributed by atoms with van der Waals surface area (Å²) in [7, 11) is 4.74. The van der Waals surface area contributed by atoms with E-state index in [1.807, 2.05) is 0 Å². The van der Waals surface area contributed by atoms with Crippen molar-refractivity contribution in [1.29, 1.82) is 0 Å². The van der Waals surface area contributed by atoms with E-state index in [1.54, 1.807) is 0 Å². The average molecular weight is 389 g/mol. The van der Waals surface area contributed by atoms with Crippen LogP contribution < -0.4 is 0 Å². The molecule has 0 aliphatic carbocycles. The standard InChI is InChI=1S/C27H50N/c1-26(2)21-17-14-12-10-8-6-5-7-9-11-13-15-20-24-28(3,4)25-27-22-18-16-19-23-27/h16,18-19,22-23,26H,5-15,17,20-21,24-25H2,1-4H3/q+1. The van der Waals surface area contributed by atoms with Crippen molar-refractivity contribution in [3.8, 4) is 0 Å². The summed E-state index contributed by atoms with van der Waals surface area (Å²) in [5.41, 5.74) is 1.46. The van der Waals surface area contributed by atoms with Crippen molar-refractivity contribution in [3.05, 3.63) is 35.9 Å². The molecule has 0 saturated carbocycles. The highest BCUT2D eigenvalue weighted by molar-refractivity contribution is 5.13. The van der Waals surface area contributed by atoms with Crippen LogP contribution in [0.1, 0.15) is 109 Å². The summed E-state index contributed by atoms with van der Waals surface area (Å²) in [5, 5.41) is 0. The van der Waals surface area contributed by atoms with E-state index in [0.717, 1.165) is 16.9 Å². The molecular formula is C27H50N+. The summed E-state index contributed by atoms with van der Waals surface area (Å²) in [6.07, 6.45) is 20.2. The summed E-state index contributed by atoms with van der Waals surface area (Å²) in [6, 6.07) is 10.9. The van der Waals surface area contributed by atoms with Gasteiger partial charge in [-0.05, 0) is 18.8 Å². The molecule has 0 amide bonds. The van der Waals surface area contributed by atoms with Crippen LogP contribution in [0.25, 0.3) is 0 Å². The van der Waals surface area contributed by atoms with Crippen LogP contribution in [0.5, 0.6) is 0 Å². The summed E-state index contributed by atoms with van der Waals surface area (Å²) in [5.74, 6) is 0.889. The van der Waals surface area contributed by atoms with E-state index in [9.17, 15) is 0 Å². The second kappa shape index (κ2) is 16.0. The van der Waals surface area contributed by atoms with E-state index in [-0.39, 0.29) is 0 Å². The van der Waals surface area contributed by atoms with Gasteiger partial charge in [-0.15, -0.1) is 0 Å². The van der Waals surface area contributed by atoms with Gasteiger partial charge in [0.05, 0.1) is 20.6 Å².